The van der Waals surface area contributed by atoms with Crippen LogP contribution in [0.5, 0.6) is 0 Å². The third-order valence-electron chi connectivity index (χ3n) is 3.17. The van der Waals surface area contributed by atoms with Gasteiger partial charge >= 0.3 is 5.97 Å². The minimum absolute atomic E-state index is 0.0782. The summed E-state index contributed by atoms with van der Waals surface area (Å²) in [4.78, 5) is 11.7. The Kier molecular flexibility index (Phi) is 4.94. The Bertz CT molecular complexity index is 613. The summed E-state index contributed by atoms with van der Waals surface area (Å²) in [5, 5.41) is 0.847. The Morgan fingerprint density at radius 2 is 2.05 bits per heavy atom. The second-order valence-electron chi connectivity index (χ2n) is 4.88. The van der Waals surface area contributed by atoms with E-state index in [1.54, 1.807) is 18.2 Å². The van der Waals surface area contributed by atoms with Crippen LogP contribution in [0.15, 0.2) is 18.2 Å². The fourth-order valence-corrected chi connectivity index (χ4v) is 4.30. The fourth-order valence-electron chi connectivity index (χ4n) is 2.12. The number of ether oxygens (including phenoxy) is 1. The first-order chi connectivity index (χ1) is 9.35. The summed E-state index contributed by atoms with van der Waals surface area (Å²) in [7, 11) is -2.96. The minimum atomic E-state index is -2.96. The van der Waals surface area contributed by atoms with Gasteiger partial charge in [-0.15, -0.1) is 0 Å². The maximum Gasteiger partial charge on any atom is 0.306 e. The average Bonchev–Trinajstić information content (AvgIpc) is 2.70. The van der Waals surface area contributed by atoms with Gasteiger partial charge in [0.15, 0.2) is 9.84 Å². The van der Waals surface area contributed by atoms with E-state index in [-0.39, 0.29) is 30.5 Å². The van der Waals surface area contributed by atoms with Crippen molar-refractivity contribution < 1.29 is 17.9 Å². The van der Waals surface area contributed by atoms with Crippen LogP contribution in [0.2, 0.25) is 10.0 Å². The van der Waals surface area contributed by atoms with Gasteiger partial charge in [-0.05, 0) is 30.0 Å². The first-order valence-corrected chi connectivity index (χ1v) is 8.73. The molecule has 7 heteroatoms. The summed E-state index contributed by atoms with van der Waals surface area (Å²) in [6, 6.07) is 5.00. The highest BCUT2D eigenvalue weighted by Crippen LogP contribution is 2.24. The van der Waals surface area contributed by atoms with Crippen LogP contribution in [-0.4, -0.2) is 25.9 Å². The number of sulfone groups is 1. The van der Waals surface area contributed by atoms with E-state index in [1.165, 1.54) is 0 Å². The Labute approximate surface area is 127 Å². The molecule has 0 N–H and O–H groups in total. The van der Waals surface area contributed by atoms with Crippen LogP contribution in [-0.2, 0) is 26.0 Å². The standard InChI is InChI=1S/C13H14Cl2O4S/c14-11-2-1-9(5-12(11)15)7-19-13(16)6-10-3-4-20(17,18)8-10/h1-2,5,10H,3-4,6-8H2/t10-/m1/s1. The number of esters is 1. The molecule has 0 radical (unpaired) electrons. The first kappa shape index (κ1) is 15.6. The molecule has 1 aromatic carbocycles. The van der Waals surface area contributed by atoms with Gasteiger partial charge < -0.3 is 4.74 Å². The van der Waals surface area contributed by atoms with Crippen molar-refractivity contribution >= 4 is 39.0 Å². The number of rotatable bonds is 4. The van der Waals surface area contributed by atoms with Crippen LogP contribution < -0.4 is 0 Å². The van der Waals surface area contributed by atoms with Crippen molar-refractivity contribution in [1.29, 1.82) is 0 Å². The van der Waals surface area contributed by atoms with Gasteiger partial charge in [0.25, 0.3) is 0 Å². The maximum atomic E-state index is 11.7. The first-order valence-electron chi connectivity index (χ1n) is 6.16. The smallest absolute Gasteiger partial charge is 0.306 e. The predicted octanol–water partition coefficient (Wildman–Crippen LogP) is 2.86. The van der Waals surface area contributed by atoms with E-state index in [9.17, 15) is 13.2 Å². The Hall–Kier alpha value is -0.780. The maximum absolute atomic E-state index is 11.7. The zero-order chi connectivity index (χ0) is 14.8. The van der Waals surface area contributed by atoms with Crippen LogP contribution in [0, 0.1) is 5.92 Å². The molecule has 0 aromatic heterocycles. The van der Waals surface area contributed by atoms with E-state index in [0.717, 1.165) is 5.56 Å². The van der Waals surface area contributed by atoms with E-state index in [0.29, 0.717) is 16.5 Å². The number of halogens is 2. The van der Waals surface area contributed by atoms with Crippen LogP contribution in [0.1, 0.15) is 18.4 Å². The van der Waals surface area contributed by atoms with E-state index < -0.39 is 15.8 Å². The SMILES string of the molecule is O=C(C[C@H]1CCS(=O)(=O)C1)OCc1ccc(Cl)c(Cl)c1. The molecule has 110 valence electrons. The number of hydrogen-bond acceptors (Lipinski definition) is 4. The summed E-state index contributed by atoms with van der Waals surface area (Å²) in [6.45, 7) is 0.106. The van der Waals surface area contributed by atoms with Crippen molar-refractivity contribution in [3.63, 3.8) is 0 Å². The Balaban J connectivity index is 1.82. The molecule has 1 atom stereocenters. The molecule has 1 saturated heterocycles. The van der Waals surface area contributed by atoms with E-state index in [1.807, 2.05) is 0 Å². The van der Waals surface area contributed by atoms with Crippen LogP contribution >= 0.6 is 23.2 Å². The zero-order valence-electron chi connectivity index (χ0n) is 10.6. The largest absolute Gasteiger partial charge is 0.461 e. The molecular formula is C13H14Cl2O4S. The second-order valence-corrected chi connectivity index (χ2v) is 7.93. The lowest BCUT2D eigenvalue weighted by Crippen LogP contribution is -2.13. The van der Waals surface area contributed by atoms with E-state index in [4.69, 9.17) is 27.9 Å². The van der Waals surface area contributed by atoms with Gasteiger partial charge in [0.05, 0.1) is 21.6 Å². The number of carbonyl (C=O) groups is 1. The molecule has 0 aliphatic carbocycles. The van der Waals surface area contributed by atoms with Gasteiger partial charge in [0, 0.05) is 6.42 Å². The monoisotopic (exact) mass is 336 g/mol. The quantitative estimate of drug-likeness (QED) is 0.793. The highest BCUT2D eigenvalue weighted by atomic mass is 35.5. The normalized spacial score (nSPS) is 20.8. The average molecular weight is 337 g/mol. The lowest BCUT2D eigenvalue weighted by molar-refractivity contribution is -0.145. The van der Waals surface area contributed by atoms with E-state index >= 15 is 0 Å². The third kappa shape index (κ3) is 4.36. The fraction of sp³-hybridized carbons (Fsp3) is 0.462. The van der Waals surface area contributed by atoms with Crippen molar-refractivity contribution in [3.8, 4) is 0 Å². The summed E-state index contributed by atoms with van der Waals surface area (Å²) < 4.78 is 27.7. The molecule has 0 spiro atoms. The van der Waals surface area contributed by atoms with Crippen LogP contribution in [0.4, 0.5) is 0 Å². The second kappa shape index (κ2) is 6.33. The van der Waals surface area contributed by atoms with Crippen molar-refractivity contribution in [2.24, 2.45) is 5.92 Å². The molecule has 0 saturated carbocycles. The Morgan fingerprint density at radius 3 is 2.65 bits per heavy atom. The van der Waals surface area contributed by atoms with Crippen molar-refractivity contribution in [3.05, 3.63) is 33.8 Å². The lowest BCUT2D eigenvalue weighted by atomic mass is 10.1. The predicted molar refractivity (Wildman–Crippen MR) is 77.6 cm³/mol. The molecule has 1 aliphatic rings. The van der Waals surface area contributed by atoms with Gasteiger partial charge in [-0.3, -0.25) is 4.79 Å². The number of hydrogen-bond donors (Lipinski definition) is 0. The molecule has 4 nitrogen and oxygen atoms in total. The molecular weight excluding hydrogens is 323 g/mol. The number of benzene rings is 1. The molecule has 20 heavy (non-hydrogen) atoms. The van der Waals surface area contributed by atoms with Gasteiger partial charge in [-0.1, -0.05) is 29.3 Å². The summed E-state index contributed by atoms with van der Waals surface area (Å²) in [5.41, 5.74) is 0.742. The molecule has 1 aromatic rings. The highest BCUT2D eigenvalue weighted by Gasteiger charge is 2.29. The van der Waals surface area contributed by atoms with Gasteiger partial charge in [-0.2, -0.15) is 0 Å². The molecule has 0 unspecified atom stereocenters. The molecule has 1 fully saturated rings. The third-order valence-corrected chi connectivity index (χ3v) is 5.74. The molecule has 1 aliphatic heterocycles. The van der Waals surface area contributed by atoms with Crippen molar-refractivity contribution in [1.82, 2.24) is 0 Å². The molecule has 2 rings (SSSR count). The molecule has 0 bridgehead atoms. The summed E-state index contributed by atoms with van der Waals surface area (Å²) in [5.74, 6) is -0.272. The number of carbonyl (C=O) groups excluding carboxylic acids is 1. The topological polar surface area (TPSA) is 60.4 Å². The summed E-state index contributed by atoms with van der Waals surface area (Å²) >= 11 is 11.6. The molecule has 1 heterocycles. The Morgan fingerprint density at radius 1 is 1.30 bits per heavy atom. The van der Waals surface area contributed by atoms with Crippen molar-refractivity contribution in [2.75, 3.05) is 11.5 Å². The van der Waals surface area contributed by atoms with E-state index in [2.05, 4.69) is 0 Å². The van der Waals surface area contributed by atoms with Gasteiger partial charge in [-0.25, -0.2) is 8.42 Å². The van der Waals surface area contributed by atoms with Crippen molar-refractivity contribution in [2.45, 2.75) is 19.4 Å². The van der Waals surface area contributed by atoms with Crippen LogP contribution in [0.3, 0.4) is 0 Å². The summed E-state index contributed by atoms with van der Waals surface area (Å²) in [6.07, 6.45) is 0.671. The zero-order valence-corrected chi connectivity index (χ0v) is 13.0. The van der Waals surface area contributed by atoms with Crippen LogP contribution in [0.25, 0.3) is 0 Å². The lowest BCUT2D eigenvalue weighted by Gasteiger charge is -2.08. The van der Waals surface area contributed by atoms with Gasteiger partial charge in [0.2, 0.25) is 0 Å². The highest BCUT2D eigenvalue weighted by molar-refractivity contribution is 7.91. The van der Waals surface area contributed by atoms with Gasteiger partial charge in [0.1, 0.15) is 6.61 Å². The minimum Gasteiger partial charge on any atom is -0.461 e. The molecule has 0 amide bonds.